The van der Waals surface area contributed by atoms with Crippen LogP contribution in [0.25, 0.3) is 0 Å². The zero-order chi connectivity index (χ0) is 12.3. The fourth-order valence-corrected chi connectivity index (χ4v) is 1.69. The highest BCUT2D eigenvalue weighted by atomic mass is 16.7. The van der Waals surface area contributed by atoms with Gasteiger partial charge < -0.3 is 9.00 Å². The third-order valence-corrected chi connectivity index (χ3v) is 2.41. The second-order valence-corrected chi connectivity index (χ2v) is 3.96. The first-order valence-corrected chi connectivity index (χ1v) is 5.56. The number of hydrogen-bond acceptors (Lipinski definition) is 3. The van der Waals surface area contributed by atoms with E-state index in [0.717, 1.165) is 11.3 Å². The number of carbonyl (C=O) groups excluding carboxylic acids is 2. The molecule has 0 fully saturated rings. The van der Waals surface area contributed by atoms with E-state index in [1.807, 2.05) is 37.3 Å². The largest absolute Gasteiger partial charge is 1.12 e. The van der Waals surface area contributed by atoms with Crippen molar-refractivity contribution in [3.8, 4) is 0 Å². The molecular formula is C12H14BO4+. The monoisotopic (exact) mass is 233 g/mol. The summed E-state index contributed by atoms with van der Waals surface area (Å²) in [7, 11) is -0.938. The molecule has 1 aromatic rings. The van der Waals surface area contributed by atoms with Crippen LogP contribution >= 0.6 is 0 Å². The van der Waals surface area contributed by atoms with Gasteiger partial charge in [-0.15, -0.1) is 0 Å². The quantitative estimate of drug-likeness (QED) is 0.577. The van der Waals surface area contributed by atoms with E-state index in [1.165, 1.54) is 6.92 Å². The fraction of sp³-hybridized carbons (Fsp3) is 0.333. The summed E-state index contributed by atoms with van der Waals surface area (Å²) in [6.07, 6.45) is 0.630. The molecule has 2 rings (SSSR count). The van der Waals surface area contributed by atoms with Crippen LogP contribution in [-0.2, 0) is 14.1 Å². The number of hydrogen-bond donors (Lipinski definition) is 0. The Labute approximate surface area is 100 Å². The van der Waals surface area contributed by atoms with Gasteiger partial charge in [-0.25, -0.2) is 0 Å². The smallest absolute Gasteiger partial charge is 0.416 e. The van der Waals surface area contributed by atoms with Crippen molar-refractivity contribution in [2.75, 3.05) is 0 Å². The van der Waals surface area contributed by atoms with Crippen molar-refractivity contribution < 1.29 is 18.4 Å². The lowest BCUT2D eigenvalue weighted by Crippen LogP contribution is -2.35. The van der Waals surface area contributed by atoms with Crippen LogP contribution in [0.1, 0.15) is 30.2 Å². The highest BCUT2D eigenvalue weighted by Gasteiger charge is 2.51. The zero-order valence-electron chi connectivity index (χ0n) is 9.88. The third kappa shape index (κ3) is 3.17. The molecule has 1 atom stereocenters. The van der Waals surface area contributed by atoms with Crippen LogP contribution in [0.5, 0.6) is 0 Å². The first-order chi connectivity index (χ1) is 8.15. The SMILES string of the molecule is CC(=O)OB1OC(C)CC(c2ccccc2)=[O+]1. The Morgan fingerprint density at radius 3 is 2.82 bits per heavy atom. The van der Waals surface area contributed by atoms with E-state index < -0.39 is 13.3 Å². The summed E-state index contributed by atoms with van der Waals surface area (Å²) >= 11 is 0. The Morgan fingerprint density at radius 2 is 2.18 bits per heavy atom. The van der Waals surface area contributed by atoms with Crippen molar-refractivity contribution in [3.05, 3.63) is 35.9 Å². The molecule has 0 aliphatic carbocycles. The number of ketones is 1. The molecule has 1 aliphatic heterocycles. The average Bonchev–Trinajstić information content (AvgIpc) is 2.28. The fourth-order valence-electron chi connectivity index (χ4n) is 1.69. The maximum Gasteiger partial charge on any atom is 1.12 e. The van der Waals surface area contributed by atoms with Crippen LogP contribution < -0.4 is 0 Å². The normalized spacial score (nSPS) is 19.8. The van der Waals surface area contributed by atoms with Gasteiger partial charge in [0, 0.05) is 6.92 Å². The van der Waals surface area contributed by atoms with Crippen molar-refractivity contribution in [2.24, 2.45) is 0 Å². The van der Waals surface area contributed by atoms with Crippen LogP contribution in [-0.4, -0.2) is 25.2 Å². The summed E-state index contributed by atoms with van der Waals surface area (Å²) in [5.74, 6) is 0.368. The highest BCUT2D eigenvalue weighted by molar-refractivity contribution is 6.38. The predicted molar refractivity (Wildman–Crippen MR) is 63.5 cm³/mol. The van der Waals surface area contributed by atoms with Crippen molar-refractivity contribution in [1.82, 2.24) is 0 Å². The maximum atomic E-state index is 10.9. The summed E-state index contributed by atoms with van der Waals surface area (Å²) in [6, 6.07) is 9.73. The van der Waals surface area contributed by atoms with Crippen LogP contribution in [0.4, 0.5) is 0 Å². The molecule has 1 heterocycles. The maximum absolute atomic E-state index is 10.9. The minimum Gasteiger partial charge on any atom is -0.416 e. The number of rotatable bonds is 2. The molecule has 0 saturated heterocycles. The predicted octanol–water partition coefficient (Wildman–Crippen LogP) is 1.76. The molecule has 0 radical (unpaired) electrons. The molecule has 17 heavy (non-hydrogen) atoms. The Hall–Kier alpha value is -1.62. The molecule has 0 spiro atoms. The third-order valence-electron chi connectivity index (χ3n) is 2.41. The van der Waals surface area contributed by atoms with Crippen molar-refractivity contribution in [2.45, 2.75) is 26.4 Å². The van der Waals surface area contributed by atoms with Crippen molar-refractivity contribution in [1.29, 1.82) is 0 Å². The van der Waals surface area contributed by atoms with Gasteiger partial charge in [0.25, 0.3) is 11.8 Å². The van der Waals surface area contributed by atoms with Gasteiger partial charge in [0.1, 0.15) is 0 Å². The van der Waals surface area contributed by atoms with Crippen LogP contribution in [0.3, 0.4) is 0 Å². The van der Waals surface area contributed by atoms with Crippen molar-refractivity contribution in [3.63, 3.8) is 0 Å². The molecule has 4 nitrogen and oxygen atoms in total. The Morgan fingerprint density at radius 1 is 1.47 bits per heavy atom. The van der Waals surface area contributed by atoms with E-state index in [2.05, 4.69) is 0 Å². The van der Waals surface area contributed by atoms with Gasteiger partial charge in [-0.1, -0.05) is 18.2 Å². The molecule has 88 valence electrons. The topological polar surface area (TPSA) is 46.8 Å². The standard InChI is InChI=1S/C12H14BO4/c1-9-8-12(11-6-4-3-5-7-11)17-13(15-9)16-10(2)14/h3-7,9H,8H2,1-2H3/q+1. The van der Waals surface area contributed by atoms with E-state index in [9.17, 15) is 4.79 Å². The Bertz CT molecular complexity index is 429. The van der Waals surface area contributed by atoms with Crippen LogP contribution in [0.2, 0.25) is 0 Å². The number of benzene rings is 1. The molecule has 0 amide bonds. The first-order valence-electron chi connectivity index (χ1n) is 5.56. The van der Waals surface area contributed by atoms with E-state index in [1.54, 1.807) is 0 Å². The lowest BCUT2D eigenvalue weighted by atomic mass is 10.0. The highest BCUT2D eigenvalue weighted by Crippen LogP contribution is 2.15. The first kappa shape index (κ1) is 11.9. The van der Waals surface area contributed by atoms with Gasteiger partial charge in [-0.2, -0.15) is 0 Å². The van der Waals surface area contributed by atoms with Crippen molar-refractivity contribution >= 4 is 19.1 Å². The molecule has 0 bridgehead atoms. The molecule has 1 aromatic carbocycles. The minimum absolute atomic E-state index is 0.0386. The van der Waals surface area contributed by atoms with E-state index >= 15 is 0 Å². The van der Waals surface area contributed by atoms with Gasteiger partial charge in [-0.05, 0) is 19.1 Å². The molecule has 0 aromatic heterocycles. The van der Waals surface area contributed by atoms with Crippen LogP contribution in [0.15, 0.2) is 30.3 Å². The second kappa shape index (κ2) is 5.14. The summed E-state index contributed by atoms with van der Waals surface area (Å²) in [5.41, 5.74) is 0.986. The van der Waals surface area contributed by atoms with E-state index in [-0.39, 0.29) is 6.10 Å². The molecule has 1 unspecified atom stereocenters. The molecule has 5 heteroatoms. The van der Waals surface area contributed by atoms with Gasteiger partial charge in [0.15, 0.2) is 0 Å². The van der Waals surface area contributed by atoms with E-state index in [0.29, 0.717) is 6.42 Å². The zero-order valence-corrected chi connectivity index (χ0v) is 9.88. The summed E-state index contributed by atoms with van der Waals surface area (Å²) in [6.45, 7) is 3.25. The van der Waals surface area contributed by atoms with E-state index in [4.69, 9.17) is 13.7 Å². The van der Waals surface area contributed by atoms with Gasteiger partial charge >= 0.3 is 7.32 Å². The molecule has 1 aliphatic rings. The van der Waals surface area contributed by atoms with Gasteiger partial charge in [0.2, 0.25) is 0 Å². The average molecular weight is 233 g/mol. The summed E-state index contributed by atoms with van der Waals surface area (Å²) in [4.78, 5) is 10.9. The summed E-state index contributed by atoms with van der Waals surface area (Å²) in [5, 5.41) is 0. The lowest BCUT2D eigenvalue weighted by molar-refractivity contribution is -0.192. The molecular weight excluding hydrogens is 219 g/mol. The Kier molecular flexibility index (Phi) is 3.59. The molecule has 0 saturated carbocycles. The Balaban J connectivity index is 2.21. The van der Waals surface area contributed by atoms with Gasteiger partial charge in [0.05, 0.1) is 18.1 Å². The number of carbonyl (C=O) groups is 1. The minimum atomic E-state index is -0.938. The second-order valence-electron chi connectivity index (χ2n) is 3.96. The lowest BCUT2D eigenvalue weighted by Gasteiger charge is -2.12. The van der Waals surface area contributed by atoms with Crippen LogP contribution in [0, 0.1) is 0 Å². The summed E-state index contributed by atoms with van der Waals surface area (Å²) < 4.78 is 15.8. The molecule has 0 N–H and O–H groups in total. The van der Waals surface area contributed by atoms with Gasteiger partial charge in [-0.3, -0.25) is 9.45 Å².